The van der Waals surface area contributed by atoms with E-state index in [1.54, 1.807) is 12.7 Å². The Morgan fingerprint density at radius 1 is 1.12 bits per heavy atom. The summed E-state index contributed by atoms with van der Waals surface area (Å²) in [5, 5.41) is 6.72. The highest BCUT2D eigenvalue weighted by Crippen LogP contribution is 2.28. The van der Waals surface area contributed by atoms with E-state index in [2.05, 4.69) is 33.6 Å². The Morgan fingerprint density at radius 3 is 2.77 bits per heavy atom. The summed E-state index contributed by atoms with van der Waals surface area (Å²) in [5.41, 5.74) is 4.52. The van der Waals surface area contributed by atoms with Gasteiger partial charge in [0.2, 0.25) is 5.95 Å². The lowest BCUT2D eigenvalue weighted by molar-refractivity contribution is 0.416. The number of hydrogen-bond acceptors (Lipinski definition) is 5. The molecule has 0 bridgehead atoms. The number of aryl methyl sites for hydroxylation is 2. The first-order valence-electron chi connectivity index (χ1n) is 9.33. The summed E-state index contributed by atoms with van der Waals surface area (Å²) in [5.74, 6) is 2.20. The van der Waals surface area contributed by atoms with Crippen LogP contribution in [0, 0.1) is 13.8 Å². The van der Waals surface area contributed by atoms with Crippen molar-refractivity contribution in [1.82, 2.24) is 9.97 Å². The zero-order valence-corrected chi connectivity index (χ0v) is 15.9. The fourth-order valence-electron chi connectivity index (χ4n) is 3.24. The third kappa shape index (κ3) is 4.97. The van der Waals surface area contributed by atoms with Gasteiger partial charge in [-0.2, -0.15) is 4.98 Å². The molecule has 138 valence electrons. The van der Waals surface area contributed by atoms with Crippen LogP contribution in [0.25, 0.3) is 0 Å². The Labute approximate surface area is 155 Å². The minimum Gasteiger partial charge on any atom is -0.495 e. The second kappa shape index (κ2) is 8.70. The van der Waals surface area contributed by atoms with Crippen molar-refractivity contribution in [3.05, 3.63) is 47.2 Å². The van der Waals surface area contributed by atoms with E-state index in [0.717, 1.165) is 41.5 Å². The molecule has 0 aliphatic heterocycles. The molecule has 1 heterocycles. The summed E-state index contributed by atoms with van der Waals surface area (Å²) in [4.78, 5) is 9.11. The summed E-state index contributed by atoms with van der Waals surface area (Å²) in [7, 11) is 1.67. The van der Waals surface area contributed by atoms with Gasteiger partial charge < -0.3 is 15.4 Å². The van der Waals surface area contributed by atoms with E-state index in [4.69, 9.17) is 4.74 Å². The molecule has 2 aromatic rings. The Hall–Kier alpha value is -2.56. The van der Waals surface area contributed by atoms with Crippen molar-refractivity contribution >= 4 is 17.5 Å². The van der Waals surface area contributed by atoms with Gasteiger partial charge in [0.1, 0.15) is 11.6 Å². The van der Waals surface area contributed by atoms with Crippen LogP contribution in [0.4, 0.5) is 17.5 Å². The van der Waals surface area contributed by atoms with Crippen molar-refractivity contribution in [2.45, 2.75) is 46.0 Å². The van der Waals surface area contributed by atoms with Gasteiger partial charge in [0.05, 0.1) is 12.8 Å². The summed E-state index contributed by atoms with van der Waals surface area (Å²) in [6, 6.07) is 7.99. The van der Waals surface area contributed by atoms with Gasteiger partial charge in [-0.3, -0.25) is 0 Å². The van der Waals surface area contributed by atoms with E-state index >= 15 is 0 Å². The maximum atomic E-state index is 5.43. The monoisotopic (exact) mass is 352 g/mol. The number of hydrogen-bond donors (Lipinski definition) is 2. The number of methoxy groups -OCH3 is 1. The van der Waals surface area contributed by atoms with Crippen molar-refractivity contribution in [3.63, 3.8) is 0 Å². The number of rotatable bonds is 7. The van der Waals surface area contributed by atoms with Crippen molar-refractivity contribution in [3.8, 4) is 5.75 Å². The quantitative estimate of drug-likeness (QED) is 0.675. The fraction of sp³-hybridized carbons (Fsp3) is 0.429. The lowest BCUT2D eigenvalue weighted by Gasteiger charge is -2.14. The van der Waals surface area contributed by atoms with E-state index in [-0.39, 0.29) is 0 Å². The van der Waals surface area contributed by atoms with Gasteiger partial charge in [0, 0.05) is 18.3 Å². The number of nitrogens with zero attached hydrogens (tertiary/aromatic N) is 2. The predicted octanol–water partition coefficient (Wildman–Crippen LogP) is 5.15. The second-order valence-corrected chi connectivity index (χ2v) is 6.83. The van der Waals surface area contributed by atoms with E-state index in [1.165, 1.54) is 25.7 Å². The molecular formula is C21H28N4O. The van der Waals surface area contributed by atoms with Gasteiger partial charge in [-0.15, -0.1) is 0 Å². The molecule has 26 heavy (non-hydrogen) atoms. The lowest BCUT2D eigenvalue weighted by Crippen LogP contribution is -2.08. The third-order valence-electron chi connectivity index (χ3n) is 4.59. The Morgan fingerprint density at radius 2 is 2.00 bits per heavy atom. The summed E-state index contributed by atoms with van der Waals surface area (Å²) in [6.07, 6.45) is 8.61. The van der Waals surface area contributed by atoms with Gasteiger partial charge in [-0.25, -0.2) is 4.98 Å². The van der Waals surface area contributed by atoms with Crippen molar-refractivity contribution in [2.75, 3.05) is 24.3 Å². The zero-order chi connectivity index (χ0) is 18.4. The number of ether oxygens (including phenoxy) is 1. The molecule has 1 aliphatic rings. The SMILES string of the molecule is COc1ccc(C)cc1Nc1nc(C)cc(NCCC2=CCCCC2)n1. The lowest BCUT2D eigenvalue weighted by atomic mass is 9.97. The molecule has 1 aromatic carbocycles. The molecule has 0 unspecified atom stereocenters. The van der Waals surface area contributed by atoms with Crippen LogP contribution in [-0.4, -0.2) is 23.6 Å². The molecule has 0 spiro atoms. The van der Waals surface area contributed by atoms with Gasteiger partial charge in [0.15, 0.2) is 0 Å². The minimum absolute atomic E-state index is 0.577. The van der Waals surface area contributed by atoms with Crippen molar-refractivity contribution < 1.29 is 4.74 Å². The third-order valence-corrected chi connectivity index (χ3v) is 4.59. The highest BCUT2D eigenvalue weighted by Gasteiger charge is 2.08. The second-order valence-electron chi connectivity index (χ2n) is 6.83. The Balaban J connectivity index is 1.67. The number of allylic oxidation sites excluding steroid dienone is 1. The highest BCUT2D eigenvalue weighted by molar-refractivity contribution is 5.64. The molecule has 1 aliphatic carbocycles. The van der Waals surface area contributed by atoms with E-state index in [1.807, 2.05) is 31.2 Å². The summed E-state index contributed by atoms with van der Waals surface area (Å²) >= 11 is 0. The predicted molar refractivity (Wildman–Crippen MR) is 107 cm³/mol. The highest BCUT2D eigenvalue weighted by atomic mass is 16.5. The molecule has 0 atom stereocenters. The molecule has 2 N–H and O–H groups in total. The first-order chi connectivity index (χ1) is 12.6. The fourth-order valence-corrected chi connectivity index (χ4v) is 3.24. The van der Waals surface area contributed by atoms with E-state index in [0.29, 0.717) is 5.95 Å². The summed E-state index contributed by atoms with van der Waals surface area (Å²) < 4.78 is 5.43. The average Bonchev–Trinajstić information content (AvgIpc) is 2.62. The number of aromatic nitrogens is 2. The average molecular weight is 352 g/mol. The maximum Gasteiger partial charge on any atom is 0.229 e. The number of anilines is 3. The molecule has 0 amide bonds. The van der Waals surface area contributed by atoms with E-state index < -0.39 is 0 Å². The van der Waals surface area contributed by atoms with Gasteiger partial charge in [-0.1, -0.05) is 17.7 Å². The standard InChI is InChI=1S/C21H28N4O/c1-15-9-10-19(26-3)18(13-15)24-21-23-16(2)14-20(25-21)22-12-11-17-7-5-4-6-8-17/h7,9-10,13-14H,4-6,8,11-12H2,1-3H3,(H2,22,23,24,25). The topological polar surface area (TPSA) is 59.1 Å². The van der Waals surface area contributed by atoms with Crippen LogP contribution in [0.1, 0.15) is 43.4 Å². The molecule has 5 heteroatoms. The van der Waals surface area contributed by atoms with Gasteiger partial charge in [0.25, 0.3) is 0 Å². The first kappa shape index (κ1) is 18.2. The maximum absolute atomic E-state index is 5.43. The normalized spacial score (nSPS) is 13.9. The van der Waals surface area contributed by atoms with Crippen LogP contribution in [0.2, 0.25) is 0 Å². The minimum atomic E-state index is 0.577. The molecule has 0 saturated heterocycles. The van der Waals surface area contributed by atoms with Gasteiger partial charge in [-0.05, 0) is 63.6 Å². The number of nitrogens with one attached hydrogen (secondary N) is 2. The molecule has 3 rings (SSSR count). The molecule has 0 radical (unpaired) electrons. The molecular weight excluding hydrogens is 324 g/mol. The summed E-state index contributed by atoms with van der Waals surface area (Å²) in [6.45, 7) is 4.93. The molecule has 5 nitrogen and oxygen atoms in total. The van der Waals surface area contributed by atoms with Crippen LogP contribution in [0.15, 0.2) is 35.9 Å². The molecule has 0 fully saturated rings. The van der Waals surface area contributed by atoms with Gasteiger partial charge >= 0.3 is 0 Å². The van der Waals surface area contributed by atoms with Crippen LogP contribution in [-0.2, 0) is 0 Å². The zero-order valence-electron chi connectivity index (χ0n) is 15.9. The van der Waals surface area contributed by atoms with Crippen molar-refractivity contribution in [2.24, 2.45) is 0 Å². The Kier molecular flexibility index (Phi) is 6.10. The van der Waals surface area contributed by atoms with E-state index in [9.17, 15) is 0 Å². The van der Waals surface area contributed by atoms with Crippen LogP contribution < -0.4 is 15.4 Å². The largest absolute Gasteiger partial charge is 0.495 e. The Bertz CT molecular complexity index is 786. The van der Waals surface area contributed by atoms with Crippen LogP contribution >= 0.6 is 0 Å². The van der Waals surface area contributed by atoms with Crippen LogP contribution in [0.5, 0.6) is 5.75 Å². The van der Waals surface area contributed by atoms with Crippen LogP contribution in [0.3, 0.4) is 0 Å². The molecule has 0 saturated carbocycles. The van der Waals surface area contributed by atoms with Crippen molar-refractivity contribution in [1.29, 1.82) is 0 Å². The first-order valence-corrected chi connectivity index (χ1v) is 9.33. The molecule has 1 aromatic heterocycles. The number of benzene rings is 1. The smallest absolute Gasteiger partial charge is 0.229 e.